The van der Waals surface area contributed by atoms with Crippen LogP contribution in [-0.4, -0.2) is 6.29 Å². The molecule has 1 aromatic carbocycles. The molecule has 0 saturated carbocycles. The van der Waals surface area contributed by atoms with Crippen LogP contribution >= 0.6 is 0 Å². The van der Waals surface area contributed by atoms with Crippen LogP contribution in [0.25, 0.3) is 0 Å². The second-order valence-corrected chi connectivity index (χ2v) is 2.90. The number of ether oxygens (including phenoxy) is 1. The van der Waals surface area contributed by atoms with Gasteiger partial charge >= 0.3 is 0 Å². The van der Waals surface area contributed by atoms with Crippen LogP contribution in [0.5, 0.6) is 0 Å². The monoisotopic (exact) mass is 190 g/mol. The number of hydrogen-bond acceptors (Lipinski definition) is 2. The van der Waals surface area contributed by atoms with Gasteiger partial charge in [0.2, 0.25) is 0 Å². The number of rotatable bonds is 5. The number of aldehydes is 1. The Balaban J connectivity index is 2.47. The summed E-state index contributed by atoms with van der Waals surface area (Å²) >= 11 is 0. The maximum absolute atomic E-state index is 10.2. The van der Waals surface area contributed by atoms with Crippen molar-refractivity contribution in [3.63, 3.8) is 0 Å². The molecule has 0 atom stereocenters. The zero-order valence-electron chi connectivity index (χ0n) is 8.27. The van der Waals surface area contributed by atoms with Gasteiger partial charge in [0.25, 0.3) is 0 Å². The third kappa shape index (κ3) is 3.44. The summed E-state index contributed by atoms with van der Waals surface area (Å²) in [6, 6.07) is 9.88. The molecular formula is C12H14O2. The first-order valence-electron chi connectivity index (χ1n) is 4.68. The zero-order chi connectivity index (χ0) is 10.2. The van der Waals surface area contributed by atoms with Gasteiger partial charge in [0.15, 0.2) is 0 Å². The highest BCUT2D eigenvalue weighted by Gasteiger charge is 1.95. The molecule has 0 aliphatic rings. The minimum absolute atomic E-state index is 0.522. The fourth-order valence-corrected chi connectivity index (χ4v) is 1.09. The Morgan fingerprint density at radius 3 is 2.64 bits per heavy atom. The van der Waals surface area contributed by atoms with Crippen LogP contribution in [0.3, 0.4) is 0 Å². The lowest BCUT2D eigenvalue weighted by molar-refractivity contribution is -0.104. The molecular weight excluding hydrogens is 176 g/mol. The topological polar surface area (TPSA) is 26.3 Å². The predicted octanol–water partition coefficient (Wildman–Crippen LogP) is 2.70. The first-order valence-corrected chi connectivity index (χ1v) is 4.68. The summed E-state index contributed by atoms with van der Waals surface area (Å²) in [6.45, 7) is 2.48. The quantitative estimate of drug-likeness (QED) is 0.405. The highest BCUT2D eigenvalue weighted by Crippen LogP contribution is 2.07. The predicted molar refractivity (Wildman–Crippen MR) is 55.7 cm³/mol. The molecule has 0 aliphatic carbocycles. The highest BCUT2D eigenvalue weighted by atomic mass is 16.5. The first kappa shape index (κ1) is 10.5. The average Bonchev–Trinajstić information content (AvgIpc) is 2.25. The second kappa shape index (κ2) is 5.97. The van der Waals surface area contributed by atoms with Gasteiger partial charge in [0, 0.05) is 12.5 Å². The minimum atomic E-state index is 0.522. The fraction of sp³-hybridized carbons (Fsp3) is 0.250. The summed E-state index contributed by atoms with van der Waals surface area (Å²) in [6.07, 6.45) is 2.96. The largest absolute Gasteiger partial charge is 0.493 e. The molecule has 0 heterocycles. The molecule has 0 N–H and O–H groups in total. The van der Waals surface area contributed by atoms with E-state index in [0.29, 0.717) is 6.61 Å². The van der Waals surface area contributed by atoms with Crippen LogP contribution in [-0.2, 0) is 16.1 Å². The standard InChI is InChI=1S/C12H14O2/c1-2-12(8-9-13)14-10-11-6-4-3-5-7-11/h3-9H,2,10H2,1H3. The lowest BCUT2D eigenvalue weighted by Gasteiger charge is -2.07. The van der Waals surface area contributed by atoms with Crippen LogP contribution in [0.4, 0.5) is 0 Å². The molecule has 74 valence electrons. The van der Waals surface area contributed by atoms with E-state index in [1.807, 2.05) is 37.3 Å². The van der Waals surface area contributed by atoms with Crippen molar-refractivity contribution in [2.45, 2.75) is 20.0 Å². The van der Waals surface area contributed by atoms with Crippen LogP contribution in [0.2, 0.25) is 0 Å². The number of hydrogen-bond donors (Lipinski definition) is 0. The zero-order valence-corrected chi connectivity index (χ0v) is 8.27. The molecule has 0 fully saturated rings. The van der Waals surface area contributed by atoms with Gasteiger partial charge in [-0.3, -0.25) is 4.79 Å². The third-order valence-electron chi connectivity index (χ3n) is 1.87. The summed E-state index contributed by atoms with van der Waals surface area (Å²) in [5, 5.41) is 0. The van der Waals surface area contributed by atoms with Crippen molar-refractivity contribution in [1.29, 1.82) is 0 Å². The lowest BCUT2D eigenvalue weighted by Crippen LogP contribution is -1.93. The van der Waals surface area contributed by atoms with E-state index in [-0.39, 0.29) is 0 Å². The van der Waals surface area contributed by atoms with Gasteiger partial charge in [-0.15, -0.1) is 0 Å². The van der Waals surface area contributed by atoms with Gasteiger partial charge in [0.1, 0.15) is 12.9 Å². The van der Waals surface area contributed by atoms with Crippen LogP contribution < -0.4 is 0 Å². The molecule has 0 unspecified atom stereocenters. The Morgan fingerprint density at radius 2 is 2.07 bits per heavy atom. The Kier molecular flexibility index (Phi) is 4.48. The van der Waals surface area contributed by atoms with Crippen molar-refractivity contribution < 1.29 is 9.53 Å². The van der Waals surface area contributed by atoms with E-state index in [1.165, 1.54) is 6.08 Å². The smallest absolute Gasteiger partial charge is 0.146 e. The van der Waals surface area contributed by atoms with Crippen LogP contribution in [0.1, 0.15) is 18.9 Å². The van der Waals surface area contributed by atoms with E-state index in [2.05, 4.69) is 0 Å². The van der Waals surface area contributed by atoms with Crippen molar-refractivity contribution in [1.82, 2.24) is 0 Å². The summed E-state index contributed by atoms with van der Waals surface area (Å²) in [5.74, 6) is 0.726. The number of allylic oxidation sites excluding steroid dienone is 2. The molecule has 0 saturated heterocycles. The van der Waals surface area contributed by atoms with Crippen molar-refractivity contribution in [2.24, 2.45) is 0 Å². The maximum atomic E-state index is 10.2. The highest BCUT2D eigenvalue weighted by molar-refractivity contribution is 5.65. The van der Waals surface area contributed by atoms with Gasteiger partial charge in [-0.05, 0) is 5.56 Å². The summed E-state index contributed by atoms with van der Waals surface area (Å²) in [4.78, 5) is 10.2. The van der Waals surface area contributed by atoms with Gasteiger partial charge in [-0.2, -0.15) is 0 Å². The van der Waals surface area contributed by atoms with Gasteiger partial charge in [-0.1, -0.05) is 37.3 Å². The van der Waals surface area contributed by atoms with Crippen LogP contribution in [0.15, 0.2) is 42.2 Å². The summed E-state index contributed by atoms with van der Waals surface area (Å²) in [5.41, 5.74) is 1.11. The van der Waals surface area contributed by atoms with E-state index in [9.17, 15) is 4.79 Å². The van der Waals surface area contributed by atoms with Crippen molar-refractivity contribution in [3.8, 4) is 0 Å². The average molecular weight is 190 g/mol. The van der Waals surface area contributed by atoms with Gasteiger partial charge < -0.3 is 4.74 Å². The fourth-order valence-electron chi connectivity index (χ4n) is 1.09. The van der Waals surface area contributed by atoms with Crippen molar-refractivity contribution in [3.05, 3.63) is 47.7 Å². The van der Waals surface area contributed by atoms with Gasteiger partial charge in [-0.25, -0.2) is 0 Å². The summed E-state index contributed by atoms with van der Waals surface area (Å²) < 4.78 is 5.45. The van der Waals surface area contributed by atoms with Crippen LogP contribution in [0, 0.1) is 0 Å². The molecule has 1 rings (SSSR count). The Hall–Kier alpha value is -1.57. The normalized spacial score (nSPS) is 11.1. The molecule has 1 aromatic rings. The molecule has 2 nitrogen and oxygen atoms in total. The van der Waals surface area contributed by atoms with E-state index in [0.717, 1.165) is 24.0 Å². The van der Waals surface area contributed by atoms with E-state index in [1.54, 1.807) is 0 Å². The molecule has 14 heavy (non-hydrogen) atoms. The Bertz CT molecular complexity index is 301. The number of carbonyl (C=O) groups is 1. The van der Waals surface area contributed by atoms with Gasteiger partial charge in [0.05, 0.1) is 5.76 Å². The SMILES string of the molecule is CCC(=CC=O)OCc1ccccc1. The van der Waals surface area contributed by atoms with E-state index < -0.39 is 0 Å². The molecule has 0 spiro atoms. The molecule has 0 aromatic heterocycles. The molecule has 2 heteroatoms. The number of carbonyl (C=O) groups excluding carboxylic acids is 1. The maximum Gasteiger partial charge on any atom is 0.146 e. The number of benzene rings is 1. The van der Waals surface area contributed by atoms with E-state index in [4.69, 9.17) is 4.74 Å². The first-order chi connectivity index (χ1) is 6.86. The van der Waals surface area contributed by atoms with Crippen molar-refractivity contribution in [2.75, 3.05) is 0 Å². The second-order valence-electron chi connectivity index (χ2n) is 2.90. The minimum Gasteiger partial charge on any atom is -0.493 e. The Labute approximate surface area is 84.2 Å². The van der Waals surface area contributed by atoms with E-state index >= 15 is 0 Å². The molecule has 0 amide bonds. The lowest BCUT2D eigenvalue weighted by atomic mass is 10.2. The van der Waals surface area contributed by atoms with Crippen molar-refractivity contribution >= 4 is 6.29 Å². The molecule has 0 bridgehead atoms. The molecule has 0 radical (unpaired) electrons. The Morgan fingerprint density at radius 1 is 1.36 bits per heavy atom. The third-order valence-corrected chi connectivity index (χ3v) is 1.87. The summed E-state index contributed by atoms with van der Waals surface area (Å²) in [7, 11) is 0. The molecule has 0 aliphatic heterocycles.